The van der Waals surface area contributed by atoms with Crippen molar-refractivity contribution in [1.82, 2.24) is 14.7 Å². The minimum atomic E-state index is 0.0886. The van der Waals surface area contributed by atoms with Crippen molar-refractivity contribution in [3.63, 3.8) is 0 Å². The lowest BCUT2D eigenvalue weighted by molar-refractivity contribution is -0.136. The molecule has 0 saturated carbocycles. The molecule has 3 aliphatic rings. The number of benzene rings is 1. The Morgan fingerprint density at radius 3 is 2.34 bits per heavy atom. The Hall–Kier alpha value is -2.08. The van der Waals surface area contributed by atoms with Gasteiger partial charge in [-0.25, -0.2) is 0 Å². The van der Waals surface area contributed by atoms with E-state index in [2.05, 4.69) is 9.80 Å². The number of likely N-dealkylation sites (tertiary alicyclic amines) is 3. The highest BCUT2D eigenvalue weighted by atomic mass is 16.3. The number of nitrogens with zero attached hydrogens (tertiary/aromatic N) is 3. The van der Waals surface area contributed by atoms with Crippen LogP contribution in [-0.2, 0) is 16.0 Å². The second-order valence-corrected chi connectivity index (χ2v) is 8.78. The molecule has 0 aromatic heterocycles. The Labute approximate surface area is 173 Å². The molecule has 2 amide bonds. The lowest BCUT2D eigenvalue weighted by Gasteiger charge is -2.42. The van der Waals surface area contributed by atoms with Gasteiger partial charge in [0.2, 0.25) is 11.8 Å². The minimum absolute atomic E-state index is 0.0886. The van der Waals surface area contributed by atoms with Gasteiger partial charge in [-0.15, -0.1) is 0 Å². The summed E-state index contributed by atoms with van der Waals surface area (Å²) in [7, 11) is 0. The molecular weight excluding hydrogens is 366 g/mol. The van der Waals surface area contributed by atoms with Crippen LogP contribution < -0.4 is 0 Å². The lowest BCUT2D eigenvalue weighted by Crippen LogP contribution is -2.52. The Morgan fingerprint density at radius 2 is 1.62 bits per heavy atom. The molecule has 1 N–H and O–H groups in total. The van der Waals surface area contributed by atoms with Gasteiger partial charge in [0.15, 0.2) is 0 Å². The maximum Gasteiger partial charge on any atom is 0.227 e. The second kappa shape index (κ2) is 9.16. The number of carbonyl (C=O) groups excluding carboxylic acids is 2. The predicted octanol–water partition coefficient (Wildman–Crippen LogP) is 2.26. The van der Waals surface area contributed by atoms with Crippen molar-refractivity contribution in [3.8, 4) is 5.75 Å². The molecule has 4 rings (SSSR count). The van der Waals surface area contributed by atoms with E-state index in [9.17, 15) is 14.7 Å². The summed E-state index contributed by atoms with van der Waals surface area (Å²) in [6.45, 7) is 5.35. The van der Waals surface area contributed by atoms with Crippen molar-refractivity contribution in [2.75, 3.05) is 39.3 Å². The fourth-order valence-corrected chi connectivity index (χ4v) is 5.15. The van der Waals surface area contributed by atoms with Gasteiger partial charge in [-0.3, -0.25) is 14.5 Å². The molecule has 29 heavy (non-hydrogen) atoms. The molecule has 0 aliphatic carbocycles. The van der Waals surface area contributed by atoms with Gasteiger partial charge in [0.1, 0.15) is 5.75 Å². The zero-order chi connectivity index (χ0) is 20.2. The molecular formula is C23H33N3O3. The van der Waals surface area contributed by atoms with Crippen molar-refractivity contribution >= 4 is 11.8 Å². The molecule has 0 unspecified atom stereocenters. The molecule has 158 valence electrons. The molecule has 6 nitrogen and oxygen atoms in total. The second-order valence-electron chi connectivity index (χ2n) is 8.78. The van der Waals surface area contributed by atoms with Gasteiger partial charge in [-0.2, -0.15) is 0 Å². The summed E-state index contributed by atoms with van der Waals surface area (Å²) in [6, 6.07) is 7.54. The van der Waals surface area contributed by atoms with Gasteiger partial charge in [0.25, 0.3) is 0 Å². The van der Waals surface area contributed by atoms with E-state index in [1.54, 1.807) is 12.1 Å². The third kappa shape index (κ3) is 4.74. The average Bonchev–Trinajstić information content (AvgIpc) is 3.30. The first kappa shape index (κ1) is 20.2. The number of rotatable bonds is 4. The molecule has 1 aromatic rings. The van der Waals surface area contributed by atoms with E-state index in [1.165, 1.54) is 0 Å². The van der Waals surface area contributed by atoms with E-state index in [0.717, 1.165) is 77.8 Å². The van der Waals surface area contributed by atoms with Crippen LogP contribution in [0.1, 0.15) is 44.1 Å². The third-order valence-corrected chi connectivity index (χ3v) is 6.89. The Kier molecular flexibility index (Phi) is 6.38. The van der Waals surface area contributed by atoms with E-state index in [4.69, 9.17) is 0 Å². The first-order chi connectivity index (χ1) is 14.1. The summed E-state index contributed by atoms with van der Waals surface area (Å²) in [5, 5.41) is 9.91. The van der Waals surface area contributed by atoms with Gasteiger partial charge in [0, 0.05) is 44.3 Å². The minimum Gasteiger partial charge on any atom is -0.508 e. The number of hydrogen-bond donors (Lipinski definition) is 1. The number of phenols is 1. The van der Waals surface area contributed by atoms with E-state index in [0.29, 0.717) is 17.5 Å². The fourth-order valence-electron chi connectivity index (χ4n) is 5.15. The molecule has 3 fully saturated rings. The number of piperidine rings is 2. The summed E-state index contributed by atoms with van der Waals surface area (Å²) < 4.78 is 0. The maximum absolute atomic E-state index is 12.8. The summed E-state index contributed by atoms with van der Waals surface area (Å²) in [5.41, 5.74) is 0.693. The van der Waals surface area contributed by atoms with Gasteiger partial charge >= 0.3 is 0 Å². The highest BCUT2D eigenvalue weighted by Gasteiger charge is 2.34. The summed E-state index contributed by atoms with van der Waals surface area (Å²) in [6.07, 6.45) is 6.60. The van der Waals surface area contributed by atoms with Crippen LogP contribution in [0.2, 0.25) is 0 Å². The van der Waals surface area contributed by atoms with Crippen LogP contribution >= 0.6 is 0 Å². The SMILES string of the molecule is O=C(Cc1ccccc1O)N1CCC(N2CCC[C@@H](C(=O)N3CCCC3)C2)CC1. The molecule has 6 heteroatoms. The number of carbonyl (C=O) groups is 2. The lowest BCUT2D eigenvalue weighted by atomic mass is 9.92. The fraction of sp³-hybridized carbons (Fsp3) is 0.652. The first-order valence-electron chi connectivity index (χ1n) is 11.2. The molecule has 3 aliphatic heterocycles. The van der Waals surface area contributed by atoms with Crippen LogP contribution in [0.5, 0.6) is 5.75 Å². The van der Waals surface area contributed by atoms with Crippen molar-refractivity contribution in [3.05, 3.63) is 29.8 Å². The van der Waals surface area contributed by atoms with Crippen molar-refractivity contribution in [2.24, 2.45) is 5.92 Å². The van der Waals surface area contributed by atoms with E-state index in [-0.39, 0.29) is 24.0 Å². The smallest absolute Gasteiger partial charge is 0.227 e. The molecule has 1 aromatic carbocycles. The van der Waals surface area contributed by atoms with E-state index < -0.39 is 0 Å². The zero-order valence-corrected chi connectivity index (χ0v) is 17.3. The quantitative estimate of drug-likeness (QED) is 0.844. The summed E-state index contributed by atoms with van der Waals surface area (Å²) in [4.78, 5) is 31.9. The molecule has 0 bridgehead atoms. The first-order valence-corrected chi connectivity index (χ1v) is 11.2. The van der Waals surface area contributed by atoms with Crippen LogP contribution in [-0.4, -0.2) is 76.9 Å². The van der Waals surface area contributed by atoms with Crippen molar-refractivity contribution in [1.29, 1.82) is 0 Å². The van der Waals surface area contributed by atoms with Crippen LogP contribution in [0.4, 0.5) is 0 Å². The zero-order valence-electron chi connectivity index (χ0n) is 17.3. The number of amides is 2. The van der Waals surface area contributed by atoms with Crippen LogP contribution in [0.3, 0.4) is 0 Å². The number of hydrogen-bond acceptors (Lipinski definition) is 4. The highest BCUT2D eigenvalue weighted by molar-refractivity contribution is 5.80. The number of aromatic hydroxyl groups is 1. The largest absolute Gasteiger partial charge is 0.508 e. The Bertz CT molecular complexity index is 724. The summed E-state index contributed by atoms with van der Waals surface area (Å²) >= 11 is 0. The number of phenolic OH excluding ortho intramolecular Hbond substituents is 1. The topological polar surface area (TPSA) is 64.1 Å². The Balaban J connectivity index is 1.27. The standard InChI is InChI=1S/C23H33N3O3/c27-21-8-2-1-6-18(21)16-22(28)24-14-9-20(10-15-24)26-13-5-7-19(17-26)23(29)25-11-3-4-12-25/h1-2,6,8,19-20,27H,3-5,7,9-17H2/t19-/m1/s1. The van der Waals surface area contributed by atoms with Gasteiger partial charge in [-0.1, -0.05) is 18.2 Å². The molecule has 0 spiro atoms. The predicted molar refractivity (Wildman–Crippen MR) is 112 cm³/mol. The van der Waals surface area contributed by atoms with Crippen LogP contribution in [0, 0.1) is 5.92 Å². The maximum atomic E-state index is 12.8. The molecule has 1 atom stereocenters. The molecule has 3 saturated heterocycles. The molecule has 0 radical (unpaired) electrons. The summed E-state index contributed by atoms with van der Waals surface area (Å²) in [5.74, 6) is 0.800. The van der Waals surface area contributed by atoms with Crippen LogP contribution in [0.15, 0.2) is 24.3 Å². The van der Waals surface area contributed by atoms with Crippen molar-refractivity contribution < 1.29 is 14.7 Å². The number of para-hydroxylation sites is 1. The van der Waals surface area contributed by atoms with Crippen LogP contribution in [0.25, 0.3) is 0 Å². The monoisotopic (exact) mass is 399 g/mol. The van der Waals surface area contributed by atoms with E-state index in [1.807, 2.05) is 17.0 Å². The van der Waals surface area contributed by atoms with Gasteiger partial charge in [-0.05, 0) is 51.1 Å². The van der Waals surface area contributed by atoms with Gasteiger partial charge < -0.3 is 14.9 Å². The van der Waals surface area contributed by atoms with Crippen molar-refractivity contribution in [2.45, 2.75) is 51.0 Å². The highest BCUT2D eigenvalue weighted by Crippen LogP contribution is 2.26. The third-order valence-electron chi connectivity index (χ3n) is 6.89. The normalized spacial score (nSPS) is 24.1. The van der Waals surface area contributed by atoms with E-state index >= 15 is 0 Å². The Morgan fingerprint density at radius 1 is 0.897 bits per heavy atom. The average molecular weight is 400 g/mol. The van der Waals surface area contributed by atoms with Gasteiger partial charge in [0.05, 0.1) is 12.3 Å². The molecule has 3 heterocycles.